The first-order chi connectivity index (χ1) is 14.6. The van der Waals surface area contributed by atoms with Crippen molar-refractivity contribution in [1.82, 2.24) is 19.8 Å². The first-order valence-electron chi connectivity index (χ1n) is 10.3. The molecule has 2 aromatic heterocycles. The highest BCUT2D eigenvalue weighted by Crippen LogP contribution is 2.46. The first-order valence-corrected chi connectivity index (χ1v) is 10.3. The number of benzene rings is 1. The average molecular weight is 400 g/mol. The molecule has 6 heteroatoms. The number of nitrogens with one attached hydrogen (secondary N) is 1. The molecule has 30 heavy (non-hydrogen) atoms. The van der Waals surface area contributed by atoms with Crippen molar-refractivity contribution >= 4 is 11.8 Å². The van der Waals surface area contributed by atoms with Crippen molar-refractivity contribution in [2.45, 2.75) is 13.0 Å². The fourth-order valence-corrected chi connectivity index (χ4v) is 5.03. The number of nitrogens with zero attached hydrogens (tertiary/aromatic N) is 3. The number of aromatic nitrogens is 2. The van der Waals surface area contributed by atoms with Crippen molar-refractivity contribution in [2.75, 3.05) is 19.6 Å². The number of H-pyrrole nitrogens is 1. The van der Waals surface area contributed by atoms with Gasteiger partial charge in [-0.25, -0.2) is 0 Å². The Morgan fingerprint density at radius 3 is 2.60 bits per heavy atom. The maximum atomic E-state index is 13.4. The molecule has 3 atom stereocenters. The topological polar surface area (TPSA) is 69.3 Å². The Labute approximate surface area is 175 Å². The minimum Gasteiger partial charge on any atom is -0.357 e. The lowest BCUT2D eigenvalue weighted by atomic mass is 9.87. The monoisotopic (exact) mass is 400 g/mol. The summed E-state index contributed by atoms with van der Waals surface area (Å²) in [6.45, 7) is 4.05. The van der Waals surface area contributed by atoms with Crippen LogP contribution in [0.5, 0.6) is 0 Å². The highest BCUT2D eigenvalue weighted by molar-refractivity contribution is 5.95. The summed E-state index contributed by atoms with van der Waals surface area (Å²) in [6, 6.07) is 15.5. The van der Waals surface area contributed by atoms with Gasteiger partial charge < -0.3 is 14.8 Å². The molecule has 3 aromatic rings. The summed E-state index contributed by atoms with van der Waals surface area (Å²) in [5.41, 5.74) is 3.55. The van der Waals surface area contributed by atoms with E-state index in [2.05, 4.69) is 29.0 Å². The van der Waals surface area contributed by atoms with Crippen LogP contribution >= 0.6 is 0 Å². The van der Waals surface area contributed by atoms with Crippen LogP contribution in [-0.4, -0.2) is 51.2 Å². The minimum absolute atomic E-state index is 0.00741. The van der Waals surface area contributed by atoms with Crippen molar-refractivity contribution in [1.29, 1.82) is 0 Å². The van der Waals surface area contributed by atoms with E-state index in [1.165, 1.54) is 5.56 Å². The quantitative estimate of drug-likeness (QED) is 0.733. The Morgan fingerprint density at radius 1 is 1.00 bits per heavy atom. The van der Waals surface area contributed by atoms with Gasteiger partial charge in [0.25, 0.3) is 11.8 Å². The summed E-state index contributed by atoms with van der Waals surface area (Å²) in [5.74, 6) is 0.510. The third kappa shape index (κ3) is 3.09. The number of amides is 2. The van der Waals surface area contributed by atoms with Crippen molar-refractivity contribution in [2.24, 2.45) is 11.8 Å². The lowest BCUT2D eigenvalue weighted by Gasteiger charge is -2.31. The molecule has 152 valence electrons. The van der Waals surface area contributed by atoms with Gasteiger partial charge in [-0.1, -0.05) is 24.3 Å². The van der Waals surface area contributed by atoms with Gasteiger partial charge in [-0.05, 0) is 42.3 Å². The molecule has 2 fully saturated rings. The third-order valence-electron chi connectivity index (χ3n) is 6.46. The molecule has 2 amide bonds. The number of fused-ring (bicyclic) bond motifs is 1. The maximum absolute atomic E-state index is 13.4. The summed E-state index contributed by atoms with van der Waals surface area (Å²) in [6.07, 6.45) is 5.08. The molecule has 0 aliphatic carbocycles. The Kier molecular flexibility index (Phi) is 4.62. The fraction of sp³-hybridized carbons (Fsp3) is 0.292. The summed E-state index contributed by atoms with van der Waals surface area (Å²) in [4.78, 5) is 37.3. The predicted molar refractivity (Wildman–Crippen MR) is 113 cm³/mol. The van der Waals surface area contributed by atoms with Crippen LogP contribution in [0.4, 0.5) is 0 Å². The van der Waals surface area contributed by atoms with Crippen LogP contribution < -0.4 is 0 Å². The van der Waals surface area contributed by atoms with E-state index in [1.807, 2.05) is 40.1 Å². The van der Waals surface area contributed by atoms with Gasteiger partial charge >= 0.3 is 0 Å². The number of hydrogen-bond acceptors (Lipinski definition) is 3. The van der Waals surface area contributed by atoms with E-state index in [-0.39, 0.29) is 29.7 Å². The molecule has 4 heterocycles. The number of likely N-dealkylation sites (tertiary alicyclic amines) is 2. The summed E-state index contributed by atoms with van der Waals surface area (Å²) in [5, 5.41) is 0. The minimum atomic E-state index is -0.0506. The Morgan fingerprint density at radius 2 is 1.87 bits per heavy atom. The normalized spacial score (nSPS) is 22.9. The maximum Gasteiger partial charge on any atom is 0.270 e. The first kappa shape index (κ1) is 18.6. The van der Waals surface area contributed by atoms with Gasteiger partial charge in [0.2, 0.25) is 0 Å². The van der Waals surface area contributed by atoms with Gasteiger partial charge in [0.15, 0.2) is 0 Å². The molecular weight excluding hydrogens is 376 g/mol. The van der Waals surface area contributed by atoms with E-state index < -0.39 is 0 Å². The van der Waals surface area contributed by atoms with Crippen LogP contribution in [0.3, 0.4) is 0 Å². The van der Waals surface area contributed by atoms with Gasteiger partial charge in [0, 0.05) is 50.1 Å². The van der Waals surface area contributed by atoms with Crippen LogP contribution in [-0.2, 0) is 0 Å². The molecule has 1 N–H and O–H groups in total. The third-order valence-corrected chi connectivity index (χ3v) is 6.46. The van der Waals surface area contributed by atoms with Crippen LogP contribution in [0.2, 0.25) is 0 Å². The van der Waals surface area contributed by atoms with Gasteiger partial charge in [-0.3, -0.25) is 14.6 Å². The van der Waals surface area contributed by atoms with Crippen molar-refractivity contribution < 1.29 is 9.59 Å². The largest absolute Gasteiger partial charge is 0.357 e. The number of aryl methyl sites for hydroxylation is 1. The zero-order valence-electron chi connectivity index (χ0n) is 16.9. The second kappa shape index (κ2) is 7.44. The molecule has 6 nitrogen and oxygen atoms in total. The van der Waals surface area contributed by atoms with E-state index in [4.69, 9.17) is 0 Å². The molecule has 2 saturated heterocycles. The predicted octanol–water partition coefficient (Wildman–Crippen LogP) is 3.30. The van der Waals surface area contributed by atoms with Crippen LogP contribution in [0.25, 0.3) is 0 Å². The summed E-state index contributed by atoms with van der Waals surface area (Å²) < 4.78 is 0. The highest BCUT2D eigenvalue weighted by Gasteiger charge is 2.50. The number of hydrogen-bond donors (Lipinski definition) is 1. The zero-order chi connectivity index (χ0) is 20.7. The fourth-order valence-electron chi connectivity index (χ4n) is 5.03. The molecule has 0 spiro atoms. The van der Waals surface area contributed by atoms with E-state index in [0.717, 1.165) is 5.56 Å². The molecule has 0 unspecified atom stereocenters. The van der Waals surface area contributed by atoms with E-state index in [9.17, 15) is 9.59 Å². The SMILES string of the molecule is Cc1ccccc1[C@@H]1[C@H]2CN(C(=O)c3ccc[nH]3)C[C@H]2CN1C(=O)c1cccnc1. The molecule has 2 aliphatic rings. The van der Waals surface area contributed by atoms with Crippen molar-refractivity contribution in [3.63, 3.8) is 0 Å². The molecule has 0 radical (unpaired) electrons. The van der Waals surface area contributed by atoms with Gasteiger partial charge in [-0.15, -0.1) is 0 Å². The van der Waals surface area contributed by atoms with Crippen LogP contribution in [0.1, 0.15) is 38.0 Å². The second-order valence-corrected chi connectivity index (χ2v) is 8.22. The Bertz CT molecular complexity index is 1060. The molecule has 0 bridgehead atoms. The molecule has 1 aromatic carbocycles. The molecule has 0 saturated carbocycles. The van der Waals surface area contributed by atoms with Gasteiger partial charge in [-0.2, -0.15) is 0 Å². The molecule has 2 aliphatic heterocycles. The Hall–Kier alpha value is -3.41. The smallest absolute Gasteiger partial charge is 0.270 e. The van der Waals surface area contributed by atoms with Gasteiger partial charge in [0.05, 0.1) is 11.6 Å². The number of rotatable bonds is 3. The summed E-state index contributed by atoms with van der Waals surface area (Å²) in [7, 11) is 0. The number of carbonyl (C=O) groups is 2. The van der Waals surface area contributed by atoms with Gasteiger partial charge in [0.1, 0.15) is 5.69 Å². The lowest BCUT2D eigenvalue weighted by molar-refractivity contribution is 0.0674. The number of aromatic amines is 1. The number of pyridine rings is 1. The average Bonchev–Trinajstić information content (AvgIpc) is 3.50. The van der Waals surface area contributed by atoms with E-state index >= 15 is 0 Å². The zero-order valence-corrected chi connectivity index (χ0v) is 16.9. The number of carbonyl (C=O) groups excluding carboxylic acids is 2. The molecular formula is C24H24N4O2. The highest BCUT2D eigenvalue weighted by atomic mass is 16.2. The molecule has 5 rings (SSSR count). The second-order valence-electron chi connectivity index (χ2n) is 8.22. The van der Waals surface area contributed by atoms with E-state index in [1.54, 1.807) is 24.7 Å². The summed E-state index contributed by atoms with van der Waals surface area (Å²) >= 11 is 0. The van der Waals surface area contributed by atoms with Crippen LogP contribution in [0, 0.1) is 18.8 Å². The van der Waals surface area contributed by atoms with Crippen molar-refractivity contribution in [3.8, 4) is 0 Å². The standard InChI is InChI=1S/C24H24N4O2/c1-16-6-2-3-8-19(16)22-20-15-27(24(30)21-9-5-11-26-21)13-18(20)14-28(22)23(29)17-7-4-10-25-12-17/h2-12,18,20,22,26H,13-15H2,1H3/t18-,20-,22+/m0/s1. The van der Waals surface area contributed by atoms with Crippen LogP contribution in [0.15, 0.2) is 67.1 Å². The van der Waals surface area contributed by atoms with E-state index in [0.29, 0.717) is 30.9 Å². The Balaban J connectivity index is 1.47. The van der Waals surface area contributed by atoms with Crippen molar-refractivity contribution in [3.05, 3.63) is 89.5 Å². The lowest BCUT2D eigenvalue weighted by Crippen LogP contribution is -2.37.